The molecule has 1 aliphatic heterocycles. The number of aromatic nitrogens is 4. The first-order valence-corrected chi connectivity index (χ1v) is 10.6. The molecule has 5 heterocycles. The van der Waals surface area contributed by atoms with Gasteiger partial charge in [-0.1, -0.05) is 18.2 Å². The van der Waals surface area contributed by atoms with E-state index in [4.69, 9.17) is 8.83 Å². The van der Waals surface area contributed by atoms with Crippen LogP contribution in [0.2, 0.25) is 0 Å². The van der Waals surface area contributed by atoms with Gasteiger partial charge in [-0.05, 0) is 36.4 Å². The molecule has 0 radical (unpaired) electrons. The summed E-state index contributed by atoms with van der Waals surface area (Å²) in [5.74, 6) is 0.811. The lowest BCUT2D eigenvalue weighted by atomic mass is 10.1. The molecule has 1 unspecified atom stereocenters. The maximum absolute atomic E-state index is 13.3. The van der Waals surface area contributed by atoms with E-state index in [-0.39, 0.29) is 18.0 Å². The number of para-hydroxylation sites is 1. The summed E-state index contributed by atoms with van der Waals surface area (Å²) >= 11 is 0. The fourth-order valence-electron chi connectivity index (χ4n) is 4.07. The maximum atomic E-state index is 13.3. The Morgan fingerprint density at radius 2 is 1.85 bits per heavy atom. The van der Waals surface area contributed by atoms with Gasteiger partial charge in [-0.3, -0.25) is 14.2 Å². The Bertz CT molecular complexity index is 1550. The van der Waals surface area contributed by atoms with Crippen molar-refractivity contribution in [1.29, 1.82) is 0 Å². The Kier molecular flexibility index (Phi) is 4.69. The van der Waals surface area contributed by atoms with E-state index in [9.17, 15) is 9.59 Å². The monoisotopic (exact) mass is 454 g/mol. The standard InChI is InChI=1S/C24H18N6O4/c31-22(30-19(21-9-5-11-34-21)12-18(27-30)20-8-4-10-33-20)14-28-15-25-23-17(24(28)32)13-26-29(23)16-6-2-1-3-7-16/h1-11,13,15,19H,12,14H2. The van der Waals surface area contributed by atoms with Crippen molar-refractivity contribution >= 4 is 22.7 Å². The molecule has 34 heavy (non-hydrogen) atoms. The van der Waals surface area contributed by atoms with E-state index in [1.165, 1.54) is 22.1 Å². The van der Waals surface area contributed by atoms with E-state index in [1.807, 2.05) is 30.3 Å². The van der Waals surface area contributed by atoms with Crippen molar-refractivity contribution in [2.24, 2.45) is 5.10 Å². The van der Waals surface area contributed by atoms with Crippen LogP contribution in [0, 0.1) is 0 Å². The Hall–Kier alpha value is -4.73. The zero-order valence-electron chi connectivity index (χ0n) is 17.8. The summed E-state index contributed by atoms with van der Waals surface area (Å²) in [5, 5.41) is 10.5. The predicted molar refractivity (Wildman–Crippen MR) is 121 cm³/mol. The molecule has 6 rings (SSSR count). The van der Waals surface area contributed by atoms with Gasteiger partial charge in [0.2, 0.25) is 0 Å². The second-order valence-corrected chi connectivity index (χ2v) is 7.80. The number of benzene rings is 1. The minimum atomic E-state index is -0.434. The van der Waals surface area contributed by atoms with E-state index in [0.717, 1.165) is 5.69 Å². The number of hydrazone groups is 1. The van der Waals surface area contributed by atoms with Gasteiger partial charge in [0.25, 0.3) is 11.5 Å². The fraction of sp³-hybridized carbons (Fsp3) is 0.125. The molecule has 0 aliphatic carbocycles. The average molecular weight is 454 g/mol. The highest BCUT2D eigenvalue weighted by molar-refractivity contribution is 6.01. The zero-order chi connectivity index (χ0) is 23.1. The smallest absolute Gasteiger partial charge is 0.264 e. The number of rotatable bonds is 5. The third kappa shape index (κ3) is 3.32. The molecule has 1 atom stereocenters. The van der Waals surface area contributed by atoms with Crippen LogP contribution < -0.4 is 5.56 Å². The van der Waals surface area contributed by atoms with Crippen LogP contribution >= 0.6 is 0 Å². The van der Waals surface area contributed by atoms with Crippen LogP contribution in [-0.2, 0) is 11.3 Å². The molecule has 0 N–H and O–H groups in total. The average Bonchev–Trinajstić information content (AvgIpc) is 3.67. The van der Waals surface area contributed by atoms with Crippen molar-refractivity contribution in [3.8, 4) is 5.69 Å². The number of nitrogens with zero attached hydrogens (tertiary/aromatic N) is 6. The molecule has 0 fully saturated rings. The summed E-state index contributed by atoms with van der Waals surface area (Å²) in [4.78, 5) is 30.8. The third-order valence-electron chi connectivity index (χ3n) is 5.70. The number of amides is 1. The molecule has 1 aromatic carbocycles. The van der Waals surface area contributed by atoms with Gasteiger partial charge in [-0.2, -0.15) is 10.2 Å². The second-order valence-electron chi connectivity index (χ2n) is 7.80. The maximum Gasteiger partial charge on any atom is 0.264 e. The predicted octanol–water partition coefficient (Wildman–Crippen LogP) is 3.15. The zero-order valence-corrected chi connectivity index (χ0v) is 17.8. The lowest BCUT2D eigenvalue weighted by Gasteiger charge is -2.20. The Morgan fingerprint density at radius 3 is 2.62 bits per heavy atom. The van der Waals surface area contributed by atoms with Crippen LogP contribution in [-0.4, -0.2) is 36.0 Å². The lowest BCUT2D eigenvalue weighted by molar-refractivity contribution is -0.134. The summed E-state index contributed by atoms with van der Waals surface area (Å²) in [6.45, 7) is -0.232. The largest absolute Gasteiger partial charge is 0.467 e. The van der Waals surface area contributed by atoms with E-state index in [1.54, 1.807) is 41.5 Å². The quantitative estimate of drug-likeness (QED) is 0.403. The number of furan rings is 2. The SMILES string of the molecule is O=C(Cn1cnc2c(cnn2-c2ccccc2)c1=O)N1N=C(c2ccco2)CC1c1ccco1. The lowest BCUT2D eigenvalue weighted by Crippen LogP contribution is -2.34. The number of carbonyl (C=O) groups is 1. The van der Waals surface area contributed by atoms with Crippen LogP contribution in [0.15, 0.2) is 98.4 Å². The van der Waals surface area contributed by atoms with E-state index >= 15 is 0 Å². The highest BCUT2D eigenvalue weighted by Crippen LogP contribution is 2.33. The normalized spacial score (nSPS) is 15.7. The molecule has 1 amide bonds. The summed E-state index contributed by atoms with van der Waals surface area (Å²) in [6, 6.07) is 16.1. The molecular weight excluding hydrogens is 436 g/mol. The van der Waals surface area contributed by atoms with Crippen LogP contribution in [0.5, 0.6) is 0 Å². The summed E-state index contributed by atoms with van der Waals surface area (Å²) < 4.78 is 13.9. The summed E-state index contributed by atoms with van der Waals surface area (Å²) in [5.41, 5.74) is 1.48. The molecule has 0 saturated heterocycles. The van der Waals surface area contributed by atoms with E-state index in [2.05, 4.69) is 15.2 Å². The second kappa shape index (κ2) is 8.00. The highest BCUT2D eigenvalue weighted by Gasteiger charge is 2.36. The van der Waals surface area contributed by atoms with Gasteiger partial charge >= 0.3 is 0 Å². The van der Waals surface area contributed by atoms with Crippen LogP contribution in [0.1, 0.15) is 24.0 Å². The molecular formula is C24H18N6O4. The number of hydrogen-bond donors (Lipinski definition) is 0. The van der Waals surface area contributed by atoms with Crippen LogP contribution in [0.4, 0.5) is 0 Å². The Labute approximate surface area is 192 Å². The first kappa shape index (κ1) is 19.9. The molecule has 0 spiro atoms. The molecule has 10 heteroatoms. The minimum absolute atomic E-state index is 0.232. The van der Waals surface area contributed by atoms with Gasteiger partial charge in [0.1, 0.15) is 41.5 Å². The van der Waals surface area contributed by atoms with Crippen LogP contribution in [0.25, 0.3) is 16.7 Å². The fourth-order valence-corrected chi connectivity index (χ4v) is 4.07. The van der Waals surface area contributed by atoms with Crippen molar-refractivity contribution in [2.75, 3.05) is 0 Å². The third-order valence-corrected chi connectivity index (χ3v) is 5.70. The molecule has 4 aromatic heterocycles. The van der Waals surface area contributed by atoms with Crippen molar-refractivity contribution in [3.05, 3.63) is 102 Å². The first-order valence-electron chi connectivity index (χ1n) is 10.6. The summed E-state index contributed by atoms with van der Waals surface area (Å²) in [6.07, 6.45) is 6.37. The molecule has 0 bridgehead atoms. The van der Waals surface area contributed by atoms with Gasteiger partial charge < -0.3 is 8.83 Å². The van der Waals surface area contributed by atoms with Crippen molar-refractivity contribution in [2.45, 2.75) is 19.0 Å². The van der Waals surface area contributed by atoms with Crippen LogP contribution in [0.3, 0.4) is 0 Å². The van der Waals surface area contributed by atoms with E-state index in [0.29, 0.717) is 34.7 Å². The van der Waals surface area contributed by atoms with Gasteiger partial charge in [0.05, 0.1) is 24.4 Å². The molecule has 1 aliphatic rings. The number of fused-ring (bicyclic) bond motifs is 1. The molecule has 168 valence electrons. The minimum Gasteiger partial charge on any atom is -0.467 e. The number of carbonyl (C=O) groups excluding carboxylic acids is 1. The van der Waals surface area contributed by atoms with Gasteiger partial charge in [0, 0.05) is 6.42 Å². The highest BCUT2D eigenvalue weighted by atomic mass is 16.3. The van der Waals surface area contributed by atoms with Gasteiger partial charge in [-0.15, -0.1) is 0 Å². The molecule has 5 aromatic rings. The number of hydrogen-bond acceptors (Lipinski definition) is 7. The van der Waals surface area contributed by atoms with Crippen molar-refractivity contribution in [1.82, 2.24) is 24.3 Å². The Balaban J connectivity index is 1.32. The van der Waals surface area contributed by atoms with E-state index < -0.39 is 6.04 Å². The van der Waals surface area contributed by atoms with Gasteiger partial charge in [-0.25, -0.2) is 14.7 Å². The molecule has 0 saturated carbocycles. The topological polar surface area (TPSA) is 112 Å². The van der Waals surface area contributed by atoms with Crippen molar-refractivity contribution in [3.63, 3.8) is 0 Å². The summed E-state index contributed by atoms with van der Waals surface area (Å²) in [7, 11) is 0. The van der Waals surface area contributed by atoms with Gasteiger partial charge in [0.15, 0.2) is 5.65 Å². The van der Waals surface area contributed by atoms with Crippen molar-refractivity contribution < 1.29 is 13.6 Å². The first-order chi connectivity index (χ1) is 16.7. The Morgan fingerprint density at radius 1 is 1.03 bits per heavy atom. The molecule has 10 nitrogen and oxygen atoms in total.